The Labute approximate surface area is 191 Å². The molecule has 33 heavy (non-hydrogen) atoms. The van der Waals surface area contributed by atoms with Crippen LogP contribution >= 0.6 is 0 Å². The van der Waals surface area contributed by atoms with Crippen LogP contribution in [0, 0.1) is 0 Å². The summed E-state index contributed by atoms with van der Waals surface area (Å²) in [4.78, 5) is 19.1. The standard InChI is InChI=1S/C25H25N5O3/c1-17-16-33-21(15-31)13-30(17)25(32)19-8-6-18(7-9-19)12-29-14-24(27-28-29)23-11-26-10-20-4-2-3-5-22(20)23/h2-11,14,17,21,31H,12-13,15-16H2,1H3. The monoisotopic (exact) mass is 443 g/mol. The zero-order valence-electron chi connectivity index (χ0n) is 18.3. The molecule has 8 heteroatoms. The van der Waals surface area contributed by atoms with E-state index in [-0.39, 0.29) is 24.7 Å². The number of carbonyl (C=O) groups is 1. The molecule has 1 amide bonds. The van der Waals surface area contributed by atoms with Gasteiger partial charge in [-0.15, -0.1) is 5.10 Å². The second-order valence-electron chi connectivity index (χ2n) is 8.35. The van der Waals surface area contributed by atoms with Gasteiger partial charge in [-0.25, -0.2) is 4.68 Å². The first-order valence-corrected chi connectivity index (χ1v) is 11.0. The minimum absolute atomic E-state index is 0.0305. The van der Waals surface area contributed by atoms with E-state index in [1.165, 1.54) is 0 Å². The Morgan fingerprint density at radius 3 is 2.79 bits per heavy atom. The molecule has 8 nitrogen and oxygen atoms in total. The minimum Gasteiger partial charge on any atom is -0.394 e. The van der Waals surface area contributed by atoms with Crippen LogP contribution in [0.2, 0.25) is 0 Å². The molecule has 2 aromatic carbocycles. The summed E-state index contributed by atoms with van der Waals surface area (Å²) in [5, 5.41) is 20.1. The average Bonchev–Trinajstić information content (AvgIpc) is 3.32. The fraction of sp³-hybridized carbons (Fsp3) is 0.280. The topological polar surface area (TPSA) is 93.4 Å². The first-order chi connectivity index (χ1) is 16.1. The van der Waals surface area contributed by atoms with Gasteiger partial charge >= 0.3 is 0 Å². The van der Waals surface area contributed by atoms with Crippen molar-refractivity contribution in [2.24, 2.45) is 0 Å². The van der Waals surface area contributed by atoms with E-state index < -0.39 is 0 Å². The maximum Gasteiger partial charge on any atom is 0.254 e. The quantitative estimate of drug-likeness (QED) is 0.510. The lowest BCUT2D eigenvalue weighted by Crippen LogP contribution is -2.52. The first-order valence-electron chi connectivity index (χ1n) is 11.0. The van der Waals surface area contributed by atoms with Crippen molar-refractivity contribution in [2.75, 3.05) is 19.8 Å². The number of rotatable bonds is 5. The summed E-state index contributed by atoms with van der Waals surface area (Å²) in [6.07, 6.45) is 5.23. The maximum atomic E-state index is 13.0. The Balaban J connectivity index is 1.30. The van der Waals surface area contributed by atoms with Crippen LogP contribution in [-0.2, 0) is 11.3 Å². The average molecular weight is 444 g/mol. The number of aliphatic hydroxyl groups is 1. The predicted molar refractivity (Wildman–Crippen MR) is 124 cm³/mol. The van der Waals surface area contributed by atoms with Gasteiger partial charge in [0, 0.05) is 35.5 Å². The zero-order chi connectivity index (χ0) is 22.8. The van der Waals surface area contributed by atoms with Crippen LogP contribution < -0.4 is 0 Å². The van der Waals surface area contributed by atoms with Crippen LogP contribution in [-0.4, -0.2) is 67.8 Å². The molecular weight excluding hydrogens is 418 g/mol. The van der Waals surface area contributed by atoms with Gasteiger partial charge in [0.1, 0.15) is 5.69 Å². The van der Waals surface area contributed by atoms with Gasteiger partial charge < -0.3 is 14.7 Å². The molecule has 2 atom stereocenters. The van der Waals surface area contributed by atoms with E-state index >= 15 is 0 Å². The smallest absolute Gasteiger partial charge is 0.254 e. The zero-order valence-corrected chi connectivity index (χ0v) is 18.3. The van der Waals surface area contributed by atoms with Crippen molar-refractivity contribution in [2.45, 2.75) is 25.6 Å². The molecule has 1 N–H and O–H groups in total. The number of morpholine rings is 1. The molecule has 5 rings (SSSR count). The molecule has 0 saturated carbocycles. The number of ether oxygens (including phenoxy) is 1. The van der Waals surface area contributed by atoms with E-state index in [0.29, 0.717) is 25.3 Å². The number of hydrogen-bond acceptors (Lipinski definition) is 6. The number of aromatic nitrogens is 4. The third-order valence-electron chi connectivity index (χ3n) is 6.00. The van der Waals surface area contributed by atoms with Crippen molar-refractivity contribution in [3.63, 3.8) is 0 Å². The van der Waals surface area contributed by atoms with E-state index in [0.717, 1.165) is 27.6 Å². The molecule has 2 aromatic heterocycles. The van der Waals surface area contributed by atoms with Gasteiger partial charge in [-0.05, 0) is 30.0 Å². The van der Waals surface area contributed by atoms with Crippen molar-refractivity contribution in [1.82, 2.24) is 24.9 Å². The van der Waals surface area contributed by atoms with E-state index in [9.17, 15) is 9.90 Å². The Kier molecular flexibility index (Phi) is 5.85. The normalized spacial score (nSPS) is 18.5. The summed E-state index contributed by atoms with van der Waals surface area (Å²) in [5.74, 6) is -0.0534. The number of carbonyl (C=O) groups excluding carboxylic acids is 1. The molecule has 3 heterocycles. The molecule has 2 unspecified atom stereocenters. The number of aliphatic hydroxyl groups excluding tert-OH is 1. The largest absolute Gasteiger partial charge is 0.394 e. The minimum atomic E-state index is -0.331. The van der Waals surface area contributed by atoms with Gasteiger partial charge in [-0.3, -0.25) is 9.78 Å². The van der Waals surface area contributed by atoms with Gasteiger partial charge in [-0.1, -0.05) is 41.6 Å². The van der Waals surface area contributed by atoms with Gasteiger partial charge in [0.15, 0.2) is 0 Å². The Hall–Kier alpha value is -3.62. The number of amides is 1. The van der Waals surface area contributed by atoms with Gasteiger partial charge in [0.2, 0.25) is 0 Å². The molecular formula is C25H25N5O3. The number of fused-ring (bicyclic) bond motifs is 1. The summed E-state index contributed by atoms with van der Waals surface area (Å²) in [5.41, 5.74) is 3.35. The number of benzene rings is 2. The van der Waals surface area contributed by atoms with Crippen LogP contribution in [0.5, 0.6) is 0 Å². The van der Waals surface area contributed by atoms with Crippen molar-refractivity contribution in [3.05, 3.63) is 78.2 Å². The van der Waals surface area contributed by atoms with Gasteiger partial charge in [0.25, 0.3) is 5.91 Å². The second-order valence-corrected chi connectivity index (χ2v) is 8.35. The molecule has 0 spiro atoms. The molecule has 1 saturated heterocycles. The molecule has 1 aliphatic heterocycles. The van der Waals surface area contributed by atoms with E-state index in [1.54, 1.807) is 9.58 Å². The van der Waals surface area contributed by atoms with E-state index in [2.05, 4.69) is 21.4 Å². The number of nitrogens with zero attached hydrogens (tertiary/aromatic N) is 5. The van der Waals surface area contributed by atoms with Crippen LogP contribution in [0.1, 0.15) is 22.8 Å². The first kappa shape index (κ1) is 21.2. The molecule has 0 bridgehead atoms. The molecule has 1 fully saturated rings. The van der Waals surface area contributed by atoms with Crippen LogP contribution in [0.15, 0.2) is 67.1 Å². The summed E-state index contributed by atoms with van der Waals surface area (Å²) in [6.45, 7) is 3.22. The highest BCUT2D eigenvalue weighted by Crippen LogP contribution is 2.25. The lowest BCUT2D eigenvalue weighted by molar-refractivity contribution is -0.0667. The highest BCUT2D eigenvalue weighted by molar-refractivity contribution is 5.95. The fourth-order valence-corrected chi connectivity index (χ4v) is 4.14. The third kappa shape index (κ3) is 4.35. The Morgan fingerprint density at radius 2 is 1.97 bits per heavy atom. The maximum absolute atomic E-state index is 13.0. The third-order valence-corrected chi connectivity index (χ3v) is 6.00. The van der Waals surface area contributed by atoms with Gasteiger partial charge in [-0.2, -0.15) is 0 Å². The second kappa shape index (κ2) is 9.09. The Bertz CT molecular complexity index is 1270. The molecule has 0 radical (unpaired) electrons. The van der Waals surface area contributed by atoms with Crippen molar-refractivity contribution < 1.29 is 14.6 Å². The van der Waals surface area contributed by atoms with Crippen LogP contribution in [0.4, 0.5) is 0 Å². The van der Waals surface area contributed by atoms with Crippen molar-refractivity contribution in [1.29, 1.82) is 0 Å². The van der Waals surface area contributed by atoms with Crippen molar-refractivity contribution >= 4 is 16.7 Å². The Morgan fingerprint density at radius 1 is 1.15 bits per heavy atom. The SMILES string of the molecule is CC1COC(CO)CN1C(=O)c1ccc(Cn2cc(-c3cncc4ccccc34)nn2)cc1. The highest BCUT2D eigenvalue weighted by Gasteiger charge is 2.29. The van der Waals surface area contributed by atoms with Crippen LogP contribution in [0.3, 0.4) is 0 Å². The van der Waals surface area contributed by atoms with E-state index in [4.69, 9.17) is 4.74 Å². The predicted octanol–water partition coefficient (Wildman–Crippen LogP) is 2.76. The van der Waals surface area contributed by atoms with Gasteiger partial charge in [0.05, 0.1) is 38.1 Å². The highest BCUT2D eigenvalue weighted by atomic mass is 16.5. The van der Waals surface area contributed by atoms with Crippen LogP contribution in [0.25, 0.3) is 22.0 Å². The fourth-order valence-electron chi connectivity index (χ4n) is 4.14. The van der Waals surface area contributed by atoms with E-state index in [1.807, 2.05) is 68.0 Å². The number of pyridine rings is 1. The molecule has 0 aliphatic carbocycles. The summed E-state index contributed by atoms with van der Waals surface area (Å²) in [6, 6.07) is 15.6. The lowest BCUT2D eigenvalue weighted by Gasteiger charge is -2.37. The number of hydrogen-bond donors (Lipinski definition) is 1. The van der Waals surface area contributed by atoms with Crippen molar-refractivity contribution in [3.8, 4) is 11.3 Å². The molecule has 168 valence electrons. The molecule has 4 aromatic rings. The summed E-state index contributed by atoms with van der Waals surface area (Å²) in [7, 11) is 0. The summed E-state index contributed by atoms with van der Waals surface area (Å²) >= 11 is 0. The lowest BCUT2D eigenvalue weighted by atomic mass is 10.1. The molecule has 1 aliphatic rings. The summed E-state index contributed by atoms with van der Waals surface area (Å²) < 4.78 is 7.32.